The summed E-state index contributed by atoms with van der Waals surface area (Å²) < 4.78 is 0. The fourth-order valence-electron chi connectivity index (χ4n) is 3.75. The van der Waals surface area contributed by atoms with E-state index in [4.69, 9.17) is 9.97 Å². The molecule has 1 aliphatic rings. The average molecular weight is 390 g/mol. The third-order valence-electron chi connectivity index (χ3n) is 5.36. The highest BCUT2D eigenvalue weighted by molar-refractivity contribution is 5.92. The summed E-state index contributed by atoms with van der Waals surface area (Å²) in [5.74, 6) is 1.74. The molecule has 0 saturated carbocycles. The minimum Gasteiger partial charge on any atom is -0.507 e. The summed E-state index contributed by atoms with van der Waals surface area (Å²) in [6.45, 7) is 8.72. The number of nitrogens with zero attached hydrogens (tertiary/aromatic N) is 4. The Balaban J connectivity index is 1.74. The van der Waals surface area contributed by atoms with Gasteiger partial charge in [-0.05, 0) is 36.8 Å². The molecule has 6 heteroatoms. The number of aromatic hydroxyl groups is 1. The Morgan fingerprint density at radius 1 is 1.03 bits per heavy atom. The lowest BCUT2D eigenvalue weighted by Crippen LogP contribution is -2.50. The first-order chi connectivity index (χ1) is 13.9. The molecule has 0 aliphatic carbocycles. The van der Waals surface area contributed by atoms with Crippen LogP contribution in [0.25, 0.3) is 22.3 Å². The molecule has 0 radical (unpaired) electrons. The van der Waals surface area contributed by atoms with E-state index in [0.717, 1.165) is 35.4 Å². The number of amides is 1. The molecule has 150 valence electrons. The predicted octanol–water partition coefficient (Wildman–Crippen LogP) is 3.62. The van der Waals surface area contributed by atoms with Crippen molar-refractivity contribution in [2.24, 2.45) is 5.92 Å². The normalized spacial score (nSPS) is 14.6. The quantitative estimate of drug-likeness (QED) is 0.740. The number of aryl methyl sites for hydroxylation is 1. The summed E-state index contributed by atoms with van der Waals surface area (Å²) in [7, 11) is 0. The molecule has 1 amide bonds. The third kappa shape index (κ3) is 3.75. The highest BCUT2D eigenvalue weighted by Crippen LogP contribution is 2.32. The zero-order chi connectivity index (χ0) is 20.5. The molecule has 0 unspecified atom stereocenters. The van der Waals surface area contributed by atoms with Crippen LogP contribution in [0.3, 0.4) is 0 Å². The van der Waals surface area contributed by atoms with Crippen molar-refractivity contribution in [1.29, 1.82) is 0 Å². The number of benzene rings is 2. The SMILES string of the molecule is Cc1ccc2c(N3CCN(C(=O)C(C)C)CC3)nc(-c3ccccc3O)nc2c1. The molecule has 1 saturated heterocycles. The monoisotopic (exact) mass is 390 g/mol. The molecule has 0 atom stereocenters. The maximum absolute atomic E-state index is 12.3. The van der Waals surface area contributed by atoms with Crippen molar-refractivity contribution < 1.29 is 9.90 Å². The average Bonchev–Trinajstić information content (AvgIpc) is 2.72. The van der Waals surface area contributed by atoms with Gasteiger partial charge in [0.2, 0.25) is 5.91 Å². The Kier molecular flexibility index (Phi) is 5.09. The number of fused-ring (bicyclic) bond motifs is 1. The summed E-state index contributed by atoms with van der Waals surface area (Å²) in [6, 6.07) is 13.3. The summed E-state index contributed by atoms with van der Waals surface area (Å²) in [6.07, 6.45) is 0. The van der Waals surface area contributed by atoms with Gasteiger partial charge in [-0.2, -0.15) is 0 Å². The van der Waals surface area contributed by atoms with E-state index in [-0.39, 0.29) is 17.6 Å². The minimum atomic E-state index is 0.0112. The highest BCUT2D eigenvalue weighted by atomic mass is 16.3. The van der Waals surface area contributed by atoms with Crippen molar-refractivity contribution in [3.8, 4) is 17.1 Å². The van der Waals surface area contributed by atoms with Crippen LogP contribution in [0.2, 0.25) is 0 Å². The van der Waals surface area contributed by atoms with E-state index in [1.807, 2.05) is 43.9 Å². The standard InChI is InChI=1S/C23H26N4O2/c1-15(2)23(29)27-12-10-26(11-13-27)22-17-9-8-16(3)14-19(17)24-21(25-22)18-6-4-5-7-20(18)28/h4-9,14-15,28H,10-13H2,1-3H3. The molecule has 1 N–H and O–H groups in total. The number of phenols is 1. The van der Waals surface area contributed by atoms with E-state index in [9.17, 15) is 9.90 Å². The zero-order valence-corrected chi connectivity index (χ0v) is 17.1. The van der Waals surface area contributed by atoms with Gasteiger partial charge in [-0.25, -0.2) is 9.97 Å². The van der Waals surface area contributed by atoms with Gasteiger partial charge in [0.1, 0.15) is 11.6 Å². The Hall–Kier alpha value is -3.15. The molecule has 4 rings (SSSR count). The number of carbonyl (C=O) groups excluding carboxylic acids is 1. The van der Waals surface area contributed by atoms with Crippen molar-refractivity contribution in [3.63, 3.8) is 0 Å². The lowest BCUT2D eigenvalue weighted by atomic mass is 10.1. The molecular weight excluding hydrogens is 364 g/mol. The van der Waals surface area contributed by atoms with Crippen LogP contribution in [0.5, 0.6) is 5.75 Å². The van der Waals surface area contributed by atoms with Crippen LogP contribution in [0.15, 0.2) is 42.5 Å². The summed E-state index contributed by atoms with van der Waals surface area (Å²) in [5, 5.41) is 11.3. The van der Waals surface area contributed by atoms with Crippen LogP contribution in [-0.2, 0) is 4.79 Å². The number of para-hydroxylation sites is 1. The van der Waals surface area contributed by atoms with Crippen LogP contribution in [0.4, 0.5) is 5.82 Å². The van der Waals surface area contributed by atoms with Gasteiger partial charge in [0, 0.05) is 37.5 Å². The number of anilines is 1. The maximum atomic E-state index is 12.3. The first-order valence-corrected chi connectivity index (χ1v) is 10.0. The van der Waals surface area contributed by atoms with Gasteiger partial charge in [-0.3, -0.25) is 4.79 Å². The van der Waals surface area contributed by atoms with Gasteiger partial charge in [0.25, 0.3) is 0 Å². The second-order valence-electron chi connectivity index (χ2n) is 7.88. The van der Waals surface area contributed by atoms with Gasteiger partial charge in [-0.1, -0.05) is 32.0 Å². The predicted molar refractivity (Wildman–Crippen MR) is 115 cm³/mol. The minimum absolute atomic E-state index is 0.0112. The van der Waals surface area contributed by atoms with Crippen LogP contribution in [0, 0.1) is 12.8 Å². The molecule has 0 spiro atoms. The first kappa shape index (κ1) is 19.2. The number of hydrogen-bond donors (Lipinski definition) is 1. The molecule has 2 heterocycles. The highest BCUT2D eigenvalue weighted by Gasteiger charge is 2.25. The van der Waals surface area contributed by atoms with E-state index >= 15 is 0 Å². The molecular formula is C23H26N4O2. The molecule has 1 aliphatic heterocycles. The summed E-state index contributed by atoms with van der Waals surface area (Å²) >= 11 is 0. The number of rotatable bonds is 3. The fraction of sp³-hybridized carbons (Fsp3) is 0.348. The number of phenolic OH excluding ortho intramolecular Hbond substituents is 1. The smallest absolute Gasteiger partial charge is 0.225 e. The van der Waals surface area contributed by atoms with Gasteiger partial charge in [-0.15, -0.1) is 0 Å². The van der Waals surface area contributed by atoms with Gasteiger partial charge in [0.15, 0.2) is 5.82 Å². The summed E-state index contributed by atoms with van der Waals surface area (Å²) in [5.41, 5.74) is 2.59. The molecule has 3 aromatic rings. The third-order valence-corrected chi connectivity index (χ3v) is 5.36. The van der Waals surface area contributed by atoms with Crippen molar-refractivity contribution in [1.82, 2.24) is 14.9 Å². The largest absolute Gasteiger partial charge is 0.507 e. The van der Waals surface area contributed by atoms with Gasteiger partial charge >= 0.3 is 0 Å². The van der Waals surface area contributed by atoms with Crippen LogP contribution >= 0.6 is 0 Å². The van der Waals surface area contributed by atoms with Crippen LogP contribution in [-0.4, -0.2) is 52.1 Å². The van der Waals surface area contributed by atoms with Crippen molar-refractivity contribution in [2.45, 2.75) is 20.8 Å². The van der Waals surface area contributed by atoms with E-state index in [1.54, 1.807) is 12.1 Å². The lowest BCUT2D eigenvalue weighted by Gasteiger charge is -2.36. The lowest BCUT2D eigenvalue weighted by molar-refractivity contribution is -0.134. The summed E-state index contributed by atoms with van der Waals surface area (Å²) in [4.78, 5) is 26.0. The molecule has 1 fully saturated rings. The molecule has 2 aromatic carbocycles. The van der Waals surface area contributed by atoms with Crippen molar-refractivity contribution in [2.75, 3.05) is 31.1 Å². The Bertz CT molecular complexity index is 1060. The number of aromatic nitrogens is 2. The maximum Gasteiger partial charge on any atom is 0.225 e. The molecule has 0 bridgehead atoms. The van der Waals surface area contributed by atoms with Crippen molar-refractivity contribution in [3.05, 3.63) is 48.0 Å². The van der Waals surface area contributed by atoms with E-state index in [0.29, 0.717) is 24.5 Å². The Labute approximate surface area is 170 Å². The second kappa shape index (κ2) is 7.70. The fourth-order valence-corrected chi connectivity index (χ4v) is 3.75. The number of piperazine rings is 1. The second-order valence-corrected chi connectivity index (χ2v) is 7.88. The number of carbonyl (C=O) groups is 1. The molecule has 1 aromatic heterocycles. The van der Waals surface area contributed by atoms with E-state index in [1.165, 1.54) is 0 Å². The van der Waals surface area contributed by atoms with Gasteiger partial charge in [0.05, 0.1) is 11.1 Å². The zero-order valence-electron chi connectivity index (χ0n) is 17.1. The Morgan fingerprint density at radius 3 is 2.45 bits per heavy atom. The first-order valence-electron chi connectivity index (χ1n) is 10.0. The van der Waals surface area contributed by atoms with Crippen molar-refractivity contribution >= 4 is 22.6 Å². The van der Waals surface area contributed by atoms with E-state index < -0.39 is 0 Å². The van der Waals surface area contributed by atoms with Crippen LogP contribution < -0.4 is 4.90 Å². The molecule has 29 heavy (non-hydrogen) atoms. The van der Waals surface area contributed by atoms with Crippen LogP contribution in [0.1, 0.15) is 19.4 Å². The Morgan fingerprint density at radius 2 is 1.76 bits per heavy atom. The number of hydrogen-bond acceptors (Lipinski definition) is 5. The van der Waals surface area contributed by atoms with Gasteiger partial charge < -0.3 is 14.9 Å². The van der Waals surface area contributed by atoms with E-state index in [2.05, 4.69) is 17.0 Å². The topological polar surface area (TPSA) is 69.6 Å². The molecule has 6 nitrogen and oxygen atoms in total.